The number of pyridine rings is 2. The molecule has 0 atom stereocenters. The van der Waals surface area contributed by atoms with Crippen LogP contribution in [-0.2, 0) is 0 Å². The fourth-order valence-electron chi connectivity index (χ4n) is 2.30. The molecule has 4 aromatic rings. The first-order valence-corrected chi connectivity index (χ1v) is 5.67. The summed E-state index contributed by atoms with van der Waals surface area (Å²) in [6.45, 7) is 0. The summed E-state index contributed by atoms with van der Waals surface area (Å²) in [5, 5.41) is 1.98. The Labute approximate surface area is 102 Å². The standard InChI is InChI=1S/C14H8N4/c1-3-9-11(15-5-1)12-10(4-2-6-16-12)14-13(9)17-7-8-18-14/h1-8H. The predicted molar refractivity (Wildman–Crippen MR) is 70.1 cm³/mol. The highest BCUT2D eigenvalue weighted by molar-refractivity contribution is 6.20. The highest BCUT2D eigenvalue weighted by Gasteiger charge is 2.10. The molecule has 4 nitrogen and oxygen atoms in total. The molecule has 0 aliphatic carbocycles. The van der Waals surface area contributed by atoms with Crippen LogP contribution in [0.1, 0.15) is 0 Å². The highest BCUT2D eigenvalue weighted by atomic mass is 14.8. The summed E-state index contributed by atoms with van der Waals surface area (Å²) in [5.41, 5.74) is 3.50. The van der Waals surface area contributed by atoms with E-state index in [9.17, 15) is 0 Å². The molecule has 0 aliphatic heterocycles. The number of aromatic nitrogens is 4. The number of benzene rings is 1. The minimum absolute atomic E-state index is 0.876. The molecular formula is C14H8N4. The van der Waals surface area contributed by atoms with Gasteiger partial charge in [-0.15, -0.1) is 0 Å². The Kier molecular flexibility index (Phi) is 1.80. The van der Waals surface area contributed by atoms with Crippen molar-refractivity contribution in [3.8, 4) is 0 Å². The number of hydrogen-bond acceptors (Lipinski definition) is 4. The summed E-state index contributed by atoms with van der Waals surface area (Å²) in [6, 6.07) is 7.83. The third-order valence-electron chi connectivity index (χ3n) is 3.05. The Morgan fingerprint density at radius 1 is 0.500 bits per heavy atom. The average molecular weight is 232 g/mol. The fraction of sp³-hybridized carbons (Fsp3) is 0. The van der Waals surface area contributed by atoms with Crippen LogP contribution in [0.15, 0.2) is 49.1 Å². The van der Waals surface area contributed by atoms with Crippen molar-refractivity contribution in [2.75, 3.05) is 0 Å². The Hall–Kier alpha value is -2.62. The maximum atomic E-state index is 4.43. The first kappa shape index (κ1) is 9.41. The van der Waals surface area contributed by atoms with Crippen LogP contribution in [0.5, 0.6) is 0 Å². The lowest BCUT2D eigenvalue weighted by Crippen LogP contribution is -1.91. The van der Waals surface area contributed by atoms with Crippen molar-refractivity contribution in [2.45, 2.75) is 0 Å². The van der Waals surface area contributed by atoms with Crippen LogP contribution in [-0.4, -0.2) is 19.9 Å². The van der Waals surface area contributed by atoms with Crippen LogP contribution in [0.25, 0.3) is 32.8 Å². The first-order chi connectivity index (χ1) is 8.95. The maximum Gasteiger partial charge on any atom is 0.0988 e. The van der Waals surface area contributed by atoms with E-state index < -0.39 is 0 Å². The smallest absolute Gasteiger partial charge is 0.0988 e. The molecule has 0 saturated carbocycles. The summed E-state index contributed by atoms with van der Waals surface area (Å²) in [6.07, 6.45) is 6.96. The van der Waals surface area contributed by atoms with Crippen molar-refractivity contribution in [3.63, 3.8) is 0 Å². The number of hydrogen-bond donors (Lipinski definition) is 0. The normalized spacial score (nSPS) is 11.3. The van der Waals surface area contributed by atoms with Gasteiger partial charge in [0, 0.05) is 35.6 Å². The van der Waals surface area contributed by atoms with Gasteiger partial charge in [0.25, 0.3) is 0 Å². The summed E-state index contributed by atoms with van der Waals surface area (Å²) in [7, 11) is 0. The zero-order valence-corrected chi connectivity index (χ0v) is 9.41. The molecule has 84 valence electrons. The van der Waals surface area contributed by atoms with Crippen LogP contribution in [0, 0.1) is 0 Å². The van der Waals surface area contributed by atoms with E-state index in [0.29, 0.717) is 0 Å². The molecule has 18 heavy (non-hydrogen) atoms. The third-order valence-corrected chi connectivity index (χ3v) is 3.05. The lowest BCUT2D eigenvalue weighted by molar-refractivity contribution is 1.30. The van der Waals surface area contributed by atoms with Gasteiger partial charge in [0.1, 0.15) is 0 Å². The molecule has 0 aliphatic rings. The second-order valence-corrected chi connectivity index (χ2v) is 4.05. The molecule has 0 unspecified atom stereocenters. The van der Waals surface area contributed by atoms with Gasteiger partial charge in [0.15, 0.2) is 0 Å². The van der Waals surface area contributed by atoms with E-state index in [1.54, 1.807) is 24.8 Å². The molecule has 0 saturated heterocycles. The zero-order valence-electron chi connectivity index (χ0n) is 9.41. The minimum Gasteiger partial charge on any atom is -0.254 e. The van der Waals surface area contributed by atoms with Gasteiger partial charge in [-0.25, -0.2) is 0 Å². The van der Waals surface area contributed by atoms with Crippen molar-refractivity contribution in [2.24, 2.45) is 0 Å². The number of fused-ring (bicyclic) bond motifs is 6. The molecule has 0 bridgehead atoms. The van der Waals surface area contributed by atoms with Gasteiger partial charge in [0.2, 0.25) is 0 Å². The Morgan fingerprint density at radius 3 is 1.33 bits per heavy atom. The van der Waals surface area contributed by atoms with Gasteiger partial charge >= 0.3 is 0 Å². The lowest BCUT2D eigenvalue weighted by Gasteiger charge is -2.06. The Morgan fingerprint density at radius 2 is 0.889 bits per heavy atom. The SMILES string of the molecule is c1cnc2c(c1)c1nccnc1c1cccnc12. The largest absolute Gasteiger partial charge is 0.254 e. The molecule has 0 radical (unpaired) electrons. The van der Waals surface area contributed by atoms with Crippen LogP contribution >= 0.6 is 0 Å². The van der Waals surface area contributed by atoms with E-state index in [0.717, 1.165) is 32.8 Å². The van der Waals surface area contributed by atoms with Gasteiger partial charge in [-0.05, 0) is 24.3 Å². The molecule has 1 aromatic carbocycles. The van der Waals surface area contributed by atoms with Crippen molar-refractivity contribution >= 4 is 32.8 Å². The number of nitrogens with zero attached hydrogens (tertiary/aromatic N) is 4. The van der Waals surface area contributed by atoms with Gasteiger partial charge in [-0.1, -0.05) is 0 Å². The second kappa shape index (κ2) is 3.43. The Bertz CT molecular complexity index is 665. The van der Waals surface area contributed by atoms with E-state index in [2.05, 4.69) is 19.9 Å². The fourth-order valence-corrected chi connectivity index (χ4v) is 2.30. The van der Waals surface area contributed by atoms with Gasteiger partial charge in [-0.2, -0.15) is 0 Å². The van der Waals surface area contributed by atoms with Crippen LogP contribution < -0.4 is 0 Å². The Balaban J connectivity index is 2.46. The summed E-state index contributed by atoms with van der Waals surface area (Å²) < 4.78 is 0. The molecular weight excluding hydrogens is 224 g/mol. The summed E-state index contributed by atoms with van der Waals surface area (Å²) >= 11 is 0. The van der Waals surface area contributed by atoms with E-state index in [1.165, 1.54) is 0 Å². The van der Waals surface area contributed by atoms with E-state index in [4.69, 9.17) is 0 Å². The van der Waals surface area contributed by atoms with E-state index in [-0.39, 0.29) is 0 Å². The predicted octanol–water partition coefficient (Wildman–Crippen LogP) is 2.73. The van der Waals surface area contributed by atoms with Crippen molar-refractivity contribution in [1.82, 2.24) is 19.9 Å². The molecule has 0 amide bonds. The maximum absolute atomic E-state index is 4.43. The summed E-state index contributed by atoms with van der Waals surface area (Å²) in [5.74, 6) is 0. The minimum atomic E-state index is 0.876. The van der Waals surface area contributed by atoms with E-state index in [1.807, 2.05) is 24.3 Å². The van der Waals surface area contributed by atoms with Gasteiger partial charge < -0.3 is 0 Å². The van der Waals surface area contributed by atoms with Crippen molar-refractivity contribution in [1.29, 1.82) is 0 Å². The third kappa shape index (κ3) is 1.14. The van der Waals surface area contributed by atoms with Gasteiger partial charge in [0.05, 0.1) is 22.1 Å². The average Bonchev–Trinajstić information content (AvgIpc) is 2.48. The monoisotopic (exact) mass is 232 g/mol. The molecule has 4 heteroatoms. The lowest BCUT2D eigenvalue weighted by atomic mass is 10.1. The second-order valence-electron chi connectivity index (χ2n) is 4.05. The summed E-state index contributed by atoms with van der Waals surface area (Å²) in [4.78, 5) is 17.7. The zero-order chi connectivity index (χ0) is 11.9. The molecule has 4 rings (SSSR count). The van der Waals surface area contributed by atoms with Crippen LogP contribution in [0.4, 0.5) is 0 Å². The quantitative estimate of drug-likeness (QED) is 0.437. The number of rotatable bonds is 0. The van der Waals surface area contributed by atoms with Crippen LogP contribution in [0.3, 0.4) is 0 Å². The van der Waals surface area contributed by atoms with Crippen LogP contribution in [0.2, 0.25) is 0 Å². The van der Waals surface area contributed by atoms with Crippen molar-refractivity contribution < 1.29 is 0 Å². The molecule has 0 spiro atoms. The first-order valence-electron chi connectivity index (χ1n) is 5.67. The molecule has 0 fully saturated rings. The molecule has 0 N–H and O–H groups in total. The topological polar surface area (TPSA) is 51.6 Å². The van der Waals surface area contributed by atoms with Crippen molar-refractivity contribution in [3.05, 3.63) is 49.1 Å². The van der Waals surface area contributed by atoms with Gasteiger partial charge in [-0.3, -0.25) is 19.9 Å². The van der Waals surface area contributed by atoms with E-state index >= 15 is 0 Å². The highest BCUT2D eigenvalue weighted by Crippen LogP contribution is 2.29. The molecule has 3 heterocycles. The molecule has 3 aromatic heterocycles.